The van der Waals surface area contributed by atoms with E-state index in [1.54, 1.807) is 30.5 Å². The molecule has 154 valence electrons. The molecule has 0 aliphatic heterocycles. The Kier molecular flexibility index (Phi) is 5.76. The second-order valence-corrected chi connectivity index (χ2v) is 8.33. The van der Waals surface area contributed by atoms with Gasteiger partial charge in [0.05, 0.1) is 15.2 Å². The van der Waals surface area contributed by atoms with Crippen molar-refractivity contribution >= 4 is 33.4 Å². The smallest absolute Gasteiger partial charge is 0.269 e. The summed E-state index contributed by atoms with van der Waals surface area (Å²) in [6.07, 6.45) is 7.96. The Morgan fingerprint density at radius 3 is 2.80 bits per heavy atom. The van der Waals surface area contributed by atoms with E-state index in [2.05, 4.69) is 16.4 Å². The second kappa shape index (κ2) is 8.62. The van der Waals surface area contributed by atoms with Gasteiger partial charge in [0.1, 0.15) is 17.2 Å². The Labute approximate surface area is 178 Å². The average Bonchev–Trinajstić information content (AvgIpc) is 3.15. The maximum atomic E-state index is 11.8. The van der Waals surface area contributed by atoms with Crippen molar-refractivity contribution in [2.75, 3.05) is 7.05 Å². The first-order valence-corrected chi connectivity index (χ1v) is 10.5. The number of nitrogens with zero attached hydrogens (tertiary/aromatic N) is 2. The van der Waals surface area contributed by atoms with Gasteiger partial charge in [0.2, 0.25) is 5.91 Å². The number of pyridine rings is 1. The lowest BCUT2D eigenvalue weighted by Crippen LogP contribution is -2.32. The largest absolute Gasteiger partial charge is 0.457 e. The molecule has 1 aliphatic rings. The van der Waals surface area contributed by atoms with E-state index in [9.17, 15) is 9.59 Å². The van der Waals surface area contributed by atoms with E-state index in [-0.39, 0.29) is 23.7 Å². The standard InChI is InChI=1S/C22H22N4O3S/c1-24-22(28)18-11-15(8-9-25-18)29-14-6-7-17-19(12-14)30-20(26-17)10-13-4-2-3-5-16(13)21(23)27/h2-3,6-9,11-13,16H,4-5,10H2,1H3,(H2,23,27)(H,24,28)/t13-,16-/m0/s1. The Bertz CT molecular complexity index is 1120. The average molecular weight is 423 g/mol. The summed E-state index contributed by atoms with van der Waals surface area (Å²) in [7, 11) is 1.56. The maximum Gasteiger partial charge on any atom is 0.269 e. The van der Waals surface area contributed by atoms with Crippen LogP contribution in [0.15, 0.2) is 48.7 Å². The highest BCUT2D eigenvalue weighted by Crippen LogP contribution is 2.33. The minimum Gasteiger partial charge on any atom is -0.457 e. The first-order valence-electron chi connectivity index (χ1n) is 9.73. The lowest BCUT2D eigenvalue weighted by molar-refractivity contribution is -0.123. The SMILES string of the molecule is CNC(=O)c1cc(Oc2ccc3nc(C[C@@H]4CC=CC[C@@H]4C(N)=O)sc3c2)ccn1. The summed E-state index contributed by atoms with van der Waals surface area (Å²) in [6, 6.07) is 9.00. The van der Waals surface area contributed by atoms with Crippen LogP contribution in [0.25, 0.3) is 10.2 Å². The van der Waals surface area contributed by atoms with Gasteiger partial charge in [0, 0.05) is 37.7 Å². The number of amides is 2. The molecule has 0 fully saturated rings. The number of carbonyl (C=O) groups excluding carboxylic acids is 2. The van der Waals surface area contributed by atoms with Crippen molar-refractivity contribution in [2.45, 2.75) is 19.3 Å². The Morgan fingerprint density at radius 1 is 1.20 bits per heavy atom. The summed E-state index contributed by atoms with van der Waals surface area (Å²) >= 11 is 1.60. The number of hydrogen-bond donors (Lipinski definition) is 2. The predicted octanol–water partition coefficient (Wildman–Crippen LogP) is 3.45. The summed E-state index contributed by atoms with van der Waals surface area (Å²) in [4.78, 5) is 32.3. The van der Waals surface area contributed by atoms with Crippen molar-refractivity contribution in [3.63, 3.8) is 0 Å². The molecule has 0 radical (unpaired) electrons. The van der Waals surface area contributed by atoms with Crippen molar-refractivity contribution in [2.24, 2.45) is 17.6 Å². The fourth-order valence-corrected chi connectivity index (χ4v) is 4.72. The number of nitrogens with one attached hydrogen (secondary N) is 1. The minimum absolute atomic E-state index is 0.137. The molecule has 2 atom stereocenters. The van der Waals surface area contributed by atoms with Gasteiger partial charge in [-0.2, -0.15) is 0 Å². The molecule has 2 amide bonds. The van der Waals surface area contributed by atoms with Crippen LogP contribution in [0, 0.1) is 11.8 Å². The summed E-state index contributed by atoms with van der Waals surface area (Å²) in [6.45, 7) is 0. The number of benzene rings is 1. The third-order valence-corrected chi connectivity index (χ3v) is 6.24. The van der Waals surface area contributed by atoms with Gasteiger partial charge in [-0.05, 0) is 37.0 Å². The number of primary amides is 1. The zero-order valence-electron chi connectivity index (χ0n) is 16.5. The van der Waals surface area contributed by atoms with Crippen LogP contribution in [0.5, 0.6) is 11.5 Å². The van der Waals surface area contributed by atoms with Gasteiger partial charge in [-0.25, -0.2) is 4.98 Å². The quantitative estimate of drug-likeness (QED) is 0.592. The zero-order chi connectivity index (χ0) is 21.1. The number of carbonyl (C=O) groups is 2. The van der Waals surface area contributed by atoms with Gasteiger partial charge in [0.25, 0.3) is 5.91 Å². The van der Waals surface area contributed by atoms with Gasteiger partial charge >= 0.3 is 0 Å². The predicted molar refractivity (Wildman–Crippen MR) is 116 cm³/mol. The monoisotopic (exact) mass is 422 g/mol. The van der Waals surface area contributed by atoms with Crippen molar-refractivity contribution in [3.05, 3.63) is 59.4 Å². The molecular weight excluding hydrogens is 400 g/mol. The Hall–Kier alpha value is -3.26. The van der Waals surface area contributed by atoms with Crippen molar-refractivity contribution < 1.29 is 14.3 Å². The minimum atomic E-state index is -0.269. The van der Waals surface area contributed by atoms with Crippen molar-refractivity contribution in [1.82, 2.24) is 15.3 Å². The third kappa shape index (κ3) is 4.33. The number of fused-ring (bicyclic) bond motifs is 1. The number of allylic oxidation sites excluding steroid dienone is 2. The number of rotatable bonds is 6. The molecule has 0 unspecified atom stereocenters. The van der Waals surface area contributed by atoms with Gasteiger partial charge in [0.15, 0.2) is 0 Å². The van der Waals surface area contributed by atoms with E-state index in [0.717, 1.165) is 28.1 Å². The number of ether oxygens (including phenoxy) is 1. The fourth-order valence-electron chi connectivity index (χ4n) is 3.64. The highest BCUT2D eigenvalue weighted by molar-refractivity contribution is 7.18. The van der Waals surface area contributed by atoms with Gasteiger partial charge < -0.3 is 15.8 Å². The molecule has 3 N–H and O–H groups in total. The molecule has 2 aromatic heterocycles. The van der Waals surface area contributed by atoms with Crippen LogP contribution in [-0.4, -0.2) is 28.8 Å². The molecule has 0 saturated heterocycles. The molecule has 4 rings (SSSR count). The summed E-state index contributed by atoms with van der Waals surface area (Å²) < 4.78 is 6.92. The highest BCUT2D eigenvalue weighted by Gasteiger charge is 2.28. The van der Waals surface area contributed by atoms with Crippen molar-refractivity contribution in [1.29, 1.82) is 0 Å². The summed E-state index contributed by atoms with van der Waals surface area (Å²) in [5, 5.41) is 3.53. The molecule has 0 spiro atoms. The molecule has 0 saturated carbocycles. The number of nitrogens with two attached hydrogens (primary N) is 1. The molecular formula is C22H22N4O3S. The molecule has 8 heteroatoms. The van der Waals surface area contributed by atoms with Gasteiger partial charge in [-0.1, -0.05) is 12.2 Å². The molecule has 1 aromatic carbocycles. The number of aromatic nitrogens is 2. The summed E-state index contributed by atoms with van der Waals surface area (Å²) in [5.74, 6) is 0.726. The van der Waals surface area contributed by atoms with E-state index < -0.39 is 0 Å². The normalized spacial score (nSPS) is 18.3. The molecule has 3 aromatic rings. The van der Waals surface area contributed by atoms with Crippen LogP contribution in [0.1, 0.15) is 28.3 Å². The van der Waals surface area contributed by atoms with Crippen LogP contribution < -0.4 is 15.8 Å². The van der Waals surface area contributed by atoms with Crippen LogP contribution in [0.4, 0.5) is 0 Å². The van der Waals surface area contributed by atoms with E-state index in [4.69, 9.17) is 15.5 Å². The van der Waals surface area contributed by atoms with Crippen LogP contribution >= 0.6 is 11.3 Å². The van der Waals surface area contributed by atoms with E-state index in [0.29, 0.717) is 23.6 Å². The zero-order valence-corrected chi connectivity index (χ0v) is 17.3. The fraction of sp³-hybridized carbons (Fsp3) is 0.273. The van der Waals surface area contributed by atoms with Gasteiger partial charge in [-0.15, -0.1) is 11.3 Å². The number of hydrogen-bond acceptors (Lipinski definition) is 6. The van der Waals surface area contributed by atoms with E-state index >= 15 is 0 Å². The van der Waals surface area contributed by atoms with Gasteiger partial charge in [-0.3, -0.25) is 14.6 Å². The molecule has 1 aliphatic carbocycles. The molecule has 2 heterocycles. The Balaban J connectivity index is 1.52. The molecule has 0 bridgehead atoms. The van der Waals surface area contributed by atoms with Crippen LogP contribution in [0.3, 0.4) is 0 Å². The lowest BCUT2D eigenvalue weighted by Gasteiger charge is -2.25. The lowest BCUT2D eigenvalue weighted by atomic mass is 9.81. The molecule has 30 heavy (non-hydrogen) atoms. The second-order valence-electron chi connectivity index (χ2n) is 7.21. The number of thiazole rings is 1. The topological polar surface area (TPSA) is 107 Å². The summed E-state index contributed by atoms with van der Waals surface area (Å²) in [5.41, 5.74) is 6.77. The van der Waals surface area contributed by atoms with Crippen molar-refractivity contribution in [3.8, 4) is 11.5 Å². The third-order valence-electron chi connectivity index (χ3n) is 5.20. The first kappa shape index (κ1) is 20.0. The molecule has 7 nitrogen and oxygen atoms in total. The Morgan fingerprint density at radius 2 is 2.00 bits per heavy atom. The first-order chi connectivity index (χ1) is 14.5. The van der Waals surface area contributed by atoms with Crippen LogP contribution in [0.2, 0.25) is 0 Å². The van der Waals surface area contributed by atoms with E-state index in [1.165, 1.54) is 6.20 Å². The van der Waals surface area contributed by atoms with E-state index in [1.807, 2.05) is 24.3 Å². The van der Waals surface area contributed by atoms with Crippen LogP contribution in [-0.2, 0) is 11.2 Å². The highest BCUT2D eigenvalue weighted by atomic mass is 32.1. The maximum absolute atomic E-state index is 11.8.